The Hall–Kier alpha value is -3.95. The molecule has 136 valence electrons. The second kappa shape index (κ2) is 6.75. The first-order chi connectivity index (χ1) is 13.1. The lowest BCUT2D eigenvalue weighted by Gasteiger charge is -2.05. The molecule has 3 N–H and O–H groups in total. The number of tetrazole rings is 1. The largest absolute Gasteiger partial charge is 0.454 e. The predicted molar refractivity (Wildman–Crippen MR) is 93.0 cm³/mol. The minimum atomic E-state index is -0.515. The Bertz CT molecular complexity index is 1010. The minimum absolute atomic E-state index is 0.110. The number of ether oxygens (including phenoxy) is 2. The number of rotatable bonds is 5. The smallest absolute Gasteiger partial charge is 0.248 e. The van der Waals surface area contributed by atoms with Crippen LogP contribution in [-0.4, -0.2) is 38.8 Å². The number of amides is 2. The van der Waals surface area contributed by atoms with Crippen LogP contribution >= 0.6 is 0 Å². The molecular weight excluding hydrogens is 352 g/mol. The molecule has 2 heterocycles. The minimum Gasteiger partial charge on any atom is -0.454 e. The van der Waals surface area contributed by atoms with Gasteiger partial charge in [-0.25, -0.2) is 0 Å². The van der Waals surface area contributed by atoms with Gasteiger partial charge in [-0.1, -0.05) is 12.1 Å². The van der Waals surface area contributed by atoms with Gasteiger partial charge in [0.15, 0.2) is 11.5 Å². The van der Waals surface area contributed by atoms with Gasteiger partial charge in [0.1, 0.15) is 6.54 Å². The first kappa shape index (κ1) is 16.5. The lowest BCUT2D eigenvalue weighted by atomic mass is 10.1. The van der Waals surface area contributed by atoms with Crippen molar-refractivity contribution in [1.82, 2.24) is 20.2 Å². The molecule has 0 spiro atoms. The van der Waals surface area contributed by atoms with Gasteiger partial charge in [0.05, 0.1) is 0 Å². The summed E-state index contributed by atoms with van der Waals surface area (Å²) in [6.07, 6.45) is 0. The van der Waals surface area contributed by atoms with Gasteiger partial charge >= 0.3 is 0 Å². The summed E-state index contributed by atoms with van der Waals surface area (Å²) in [6.45, 7) is 0.0552. The van der Waals surface area contributed by atoms with Gasteiger partial charge in [-0.15, -0.1) is 10.2 Å². The molecule has 3 aromatic rings. The molecule has 27 heavy (non-hydrogen) atoms. The highest BCUT2D eigenvalue weighted by Gasteiger charge is 2.15. The van der Waals surface area contributed by atoms with Crippen LogP contribution in [0.25, 0.3) is 11.4 Å². The van der Waals surface area contributed by atoms with Crippen molar-refractivity contribution in [3.05, 3.63) is 48.0 Å². The second-order valence-electron chi connectivity index (χ2n) is 5.70. The normalized spacial score (nSPS) is 12.0. The maximum atomic E-state index is 12.2. The molecule has 0 bridgehead atoms. The Balaban J connectivity index is 1.41. The van der Waals surface area contributed by atoms with Gasteiger partial charge in [-0.3, -0.25) is 9.59 Å². The van der Waals surface area contributed by atoms with Crippen LogP contribution in [-0.2, 0) is 11.3 Å². The Kier molecular flexibility index (Phi) is 4.13. The monoisotopic (exact) mass is 366 g/mol. The SMILES string of the molecule is NC(=O)c1ccc(-c2nnn(CC(=O)Nc3ccc4c(c3)OCO4)n2)cc1. The molecule has 0 fully saturated rings. The van der Waals surface area contributed by atoms with Crippen molar-refractivity contribution in [1.29, 1.82) is 0 Å². The quantitative estimate of drug-likeness (QED) is 0.682. The van der Waals surface area contributed by atoms with E-state index in [-0.39, 0.29) is 19.2 Å². The molecule has 0 saturated carbocycles. The highest BCUT2D eigenvalue weighted by Crippen LogP contribution is 2.34. The number of anilines is 1. The fraction of sp³-hybridized carbons (Fsp3) is 0.118. The van der Waals surface area contributed by atoms with E-state index < -0.39 is 5.91 Å². The number of fused-ring (bicyclic) bond motifs is 1. The van der Waals surface area contributed by atoms with E-state index in [1.165, 1.54) is 4.80 Å². The number of nitrogens with one attached hydrogen (secondary N) is 1. The van der Waals surface area contributed by atoms with E-state index in [1.54, 1.807) is 42.5 Å². The average molecular weight is 366 g/mol. The third-order valence-electron chi connectivity index (χ3n) is 3.82. The van der Waals surface area contributed by atoms with Gasteiger partial charge in [-0.2, -0.15) is 4.80 Å². The van der Waals surface area contributed by atoms with Crippen molar-refractivity contribution in [3.8, 4) is 22.9 Å². The number of nitrogens with zero attached hydrogens (tertiary/aromatic N) is 4. The molecule has 1 aliphatic heterocycles. The molecule has 2 amide bonds. The van der Waals surface area contributed by atoms with E-state index in [0.29, 0.717) is 34.1 Å². The number of carbonyl (C=O) groups is 2. The Morgan fingerprint density at radius 2 is 1.89 bits per heavy atom. The van der Waals surface area contributed by atoms with E-state index in [9.17, 15) is 9.59 Å². The molecule has 1 aliphatic rings. The summed E-state index contributed by atoms with van der Waals surface area (Å²) in [5, 5.41) is 14.7. The van der Waals surface area contributed by atoms with Crippen molar-refractivity contribution in [2.24, 2.45) is 5.73 Å². The highest BCUT2D eigenvalue weighted by atomic mass is 16.7. The van der Waals surface area contributed by atoms with Gasteiger partial charge in [0.25, 0.3) is 0 Å². The summed E-state index contributed by atoms with van der Waals surface area (Å²) in [4.78, 5) is 24.5. The first-order valence-corrected chi connectivity index (χ1v) is 7.96. The van der Waals surface area contributed by atoms with E-state index in [0.717, 1.165) is 0 Å². The molecule has 0 saturated heterocycles. The maximum absolute atomic E-state index is 12.2. The number of carbonyl (C=O) groups excluding carboxylic acids is 2. The van der Waals surface area contributed by atoms with Crippen LogP contribution in [0, 0.1) is 0 Å². The van der Waals surface area contributed by atoms with E-state index >= 15 is 0 Å². The van der Waals surface area contributed by atoms with Gasteiger partial charge in [0, 0.05) is 22.9 Å². The zero-order chi connectivity index (χ0) is 18.8. The van der Waals surface area contributed by atoms with Gasteiger partial charge in [0.2, 0.25) is 24.4 Å². The van der Waals surface area contributed by atoms with Crippen molar-refractivity contribution >= 4 is 17.5 Å². The van der Waals surface area contributed by atoms with Crippen molar-refractivity contribution in [3.63, 3.8) is 0 Å². The molecule has 0 aliphatic carbocycles. The molecule has 10 heteroatoms. The average Bonchev–Trinajstić information content (AvgIpc) is 3.30. The van der Waals surface area contributed by atoms with Crippen LogP contribution in [0.15, 0.2) is 42.5 Å². The third-order valence-corrected chi connectivity index (χ3v) is 3.82. The molecule has 1 aromatic heterocycles. The summed E-state index contributed by atoms with van der Waals surface area (Å²) >= 11 is 0. The molecule has 0 atom stereocenters. The van der Waals surface area contributed by atoms with Crippen molar-refractivity contribution < 1.29 is 19.1 Å². The van der Waals surface area contributed by atoms with Crippen LogP contribution in [0.3, 0.4) is 0 Å². The number of hydrogen-bond acceptors (Lipinski definition) is 7. The standard InChI is InChI=1S/C17H14N6O4/c18-16(25)10-1-3-11(4-2-10)17-20-22-23(21-17)8-15(24)19-12-5-6-13-14(7-12)27-9-26-13/h1-7H,8-9H2,(H2,18,25)(H,19,24). The summed E-state index contributed by atoms with van der Waals surface area (Å²) in [5.41, 5.74) is 6.82. The Morgan fingerprint density at radius 1 is 1.11 bits per heavy atom. The lowest BCUT2D eigenvalue weighted by Crippen LogP contribution is -2.20. The number of nitrogens with two attached hydrogens (primary N) is 1. The fourth-order valence-corrected chi connectivity index (χ4v) is 2.51. The Morgan fingerprint density at radius 3 is 2.67 bits per heavy atom. The molecular formula is C17H14N6O4. The van der Waals surface area contributed by atoms with Gasteiger partial charge in [-0.05, 0) is 29.5 Å². The van der Waals surface area contributed by atoms with Crippen LogP contribution in [0.4, 0.5) is 5.69 Å². The first-order valence-electron chi connectivity index (χ1n) is 7.96. The van der Waals surface area contributed by atoms with E-state index in [2.05, 4.69) is 20.7 Å². The van der Waals surface area contributed by atoms with Crippen LogP contribution in [0.5, 0.6) is 11.5 Å². The predicted octanol–water partition coefficient (Wildman–Crippen LogP) is 0.806. The van der Waals surface area contributed by atoms with Crippen LogP contribution < -0.4 is 20.5 Å². The van der Waals surface area contributed by atoms with Crippen LogP contribution in [0.2, 0.25) is 0 Å². The van der Waals surface area contributed by atoms with Crippen molar-refractivity contribution in [2.45, 2.75) is 6.54 Å². The zero-order valence-corrected chi connectivity index (χ0v) is 14.0. The number of hydrogen-bond donors (Lipinski definition) is 2. The van der Waals surface area contributed by atoms with Crippen molar-refractivity contribution in [2.75, 3.05) is 12.1 Å². The number of aromatic nitrogens is 4. The lowest BCUT2D eigenvalue weighted by molar-refractivity contribution is -0.117. The number of benzene rings is 2. The molecule has 2 aromatic carbocycles. The fourth-order valence-electron chi connectivity index (χ4n) is 2.51. The molecule has 0 unspecified atom stereocenters. The second-order valence-corrected chi connectivity index (χ2v) is 5.70. The van der Waals surface area contributed by atoms with E-state index in [4.69, 9.17) is 15.2 Å². The summed E-state index contributed by atoms with van der Waals surface area (Å²) in [6, 6.07) is 11.6. The Labute approximate surface area is 152 Å². The summed E-state index contributed by atoms with van der Waals surface area (Å²) in [7, 11) is 0. The third kappa shape index (κ3) is 3.54. The molecule has 10 nitrogen and oxygen atoms in total. The van der Waals surface area contributed by atoms with E-state index in [1.807, 2.05) is 0 Å². The molecule has 0 radical (unpaired) electrons. The zero-order valence-electron chi connectivity index (χ0n) is 14.0. The van der Waals surface area contributed by atoms with Crippen LogP contribution in [0.1, 0.15) is 10.4 Å². The molecule has 4 rings (SSSR count). The van der Waals surface area contributed by atoms with Gasteiger partial charge < -0.3 is 20.5 Å². The summed E-state index contributed by atoms with van der Waals surface area (Å²) < 4.78 is 10.5. The summed E-state index contributed by atoms with van der Waals surface area (Å²) in [5.74, 6) is 0.716. The topological polar surface area (TPSA) is 134 Å². The highest BCUT2D eigenvalue weighted by molar-refractivity contribution is 5.93. The maximum Gasteiger partial charge on any atom is 0.248 e. The number of primary amides is 1.